The molecular weight excluding hydrogens is 420 g/mol. The molecule has 154 valence electrons. The van der Waals surface area contributed by atoms with Gasteiger partial charge >= 0.3 is 0 Å². The first-order valence-electron chi connectivity index (χ1n) is 9.47. The number of carbonyl (C=O) groups is 1. The summed E-state index contributed by atoms with van der Waals surface area (Å²) in [5.41, 5.74) is 0.383. The third-order valence-electron chi connectivity index (χ3n) is 4.89. The SMILES string of the molecule is CCN(Cc1nc2ccccc2c(=O)[nH]1)C(=O)C(C)n1c(-c2cccs2)n[nH]c1=S. The minimum Gasteiger partial charge on any atom is -0.334 e. The Kier molecular flexibility index (Phi) is 5.60. The number of aromatic nitrogens is 5. The van der Waals surface area contributed by atoms with Crippen molar-refractivity contribution in [3.63, 3.8) is 0 Å². The van der Waals surface area contributed by atoms with Crippen LogP contribution in [0.15, 0.2) is 46.6 Å². The number of amides is 1. The van der Waals surface area contributed by atoms with Gasteiger partial charge in [0, 0.05) is 6.54 Å². The predicted octanol–water partition coefficient (Wildman–Crippen LogP) is 3.52. The van der Waals surface area contributed by atoms with Crippen molar-refractivity contribution < 1.29 is 4.79 Å². The Hall–Kier alpha value is -3.11. The molecule has 1 unspecified atom stereocenters. The van der Waals surface area contributed by atoms with Crippen molar-refractivity contribution in [2.24, 2.45) is 0 Å². The molecule has 0 spiro atoms. The fraction of sp³-hybridized carbons (Fsp3) is 0.250. The first kappa shape index (κ1) is 20.2. The highest BCUT2D eigenvalue weighted by molar-refractivity contribution is 7.71. The summed E-state index contributed by atoms with van der Waals surface area (Å²) in [4.78, 5) is 35.5. The first-order chi connectivity index (χ1) is 14.5. The van der Waals surface area contributed by atoms with E-state index in [1.807, 2.05) is 30.5 Å². The largest absolute Gasteiger partial charge is 0.334 e. The molecule has 1 aromatic carbocycles. The van der Waals surface area contributed by atoms with E-state index in [9.17, 15) is 9.59 Å². The normalized spacial score (nSPS) is 12.2. The Morgan fingerprint density at radius 3 is 2.83 bits per heavy atom. The number of benzene rings is 1. The molecule has 0 aliphatic heterocycles. The predicted molar refractivity (Wildman–Crippen MR) is 119 cm³/mol. The third-order valence-corrected chi connectivity index (χ3v) is 6.04. The number of thiophene rings is 1. The van der Waals surface area contributed by atoms with Crippen LogP contribution in [0, 0.1) is 4.77 Å². The van der Waals surface area contributed by atoms with E-state index in [0.29, 0.717) is 33.9 Å². The van der Waals surface area contributed by atoms with Gasteiger partial charge in [-0.3, -0.25) is 19.3 Å². The van der Waals surface area contributed by atoms with Gasteiger partial charge in [0.05, 0.1) is 22.3 Å². The number of hydrogen-bond donors (Lipinski definition) is 2. The molecule has 2 N–H and O–H groups in total. The molecular formula is C20H20N6O2S2. The van der Waals surface area contributed by atoms with Crippen molar-refractivity contribution in [3.8, 4) is 10.7 Å². The third kappa shape index (κ3) is 3.71. The monoisotopic (exact) mass is 440 g/mol. The number of para-hydroxylation sites is 1. The second-order valence-corrected chi connectivity index (χ2v) is 8.09. The van der Waals surface area contributed by atoms with Crippen molar-refractivity contribution in [1.29, 1.82) is 0 Å². The Bertz CT molecular complexity index is 1300. The topological polar surface area (TPSA) is 99.7 Å². The average molecular weight is 441 g/mol. The maximum absolute atomic E-state index is 13.3. The summed E-state index contributed by atoms with van der Waals surface area (Å²) >= 11 is 6.91. The van der Waals surface area contributed by atoms with Crippen molar-refractivity contribution in [3.05, 3.63) is 62.7 Å². The highest BCUT2D eigenvalue weighted by Gasteiger charge is 2.25. The van der Waals surface area contributed by atoms with Crippen LogP contribution in [0.25, 0.3) is 21.6 Å². The fourth-order valence-corrected chi connectivity index (χ4v) is 4.35. The zero-order chi connectivity index (χ0) is 21.3. The summed E-state index contributed by atoms with van der Waals surface area (Å²) in [5.74, 6) is 0.933. The van der Waals surface area contributed by atoms with Gasteiger partial charge in [-0.25, -0.2) is 4.98 Å². The molecule has 0 aliphatic rings. The second kappa shape index (κ2) is 8.33. The van der Waals surface area contributed by atoms with Crippen LogP contribution in [0.5, 0.6) is 0 Å². The Morgan fingerprint density at radius 1 is 1.30 bits per heavy atom. The first-order valence-corrected chi connectivity index (χ1v) is 10.8. The van der Waals surface area contributed by atoms with Crippen LogP contribution >= 0.6 is 23.6 Å². The second-order valence-electron chi connectivity index (χ2n) is 6.76. The van der Waals surface area contributed by atoms with Crippen molar-refractivity contribution in [2.45, 2.75) is 26.4 Å². The van der Waals surface area contributed by atoms with Crippen LogP contribution in [0.1, 0.15) is 25.7 Å². The molecule has 30 heavy (non-hydrogen) atoms. The van der Waals surface area contributed by atoms with E-state index >= 15 is 0 Å². The highest BCUT2D eigenvalue weighted by Crippen LogP contribution is 2.26. The van der Waals surface area contributed by atoms with E-state index in [4.69, 9.17) is 12.2 Å². The summed E-state index contributed by atoms with van der Waals surface area (Å²) in [6.45, 7) is 4.33. The van der Waals surface area contributed by atoms with Crippen LogP contribution in [-0.4, -0.2) is 42.1 Å². The van der Waals surface area contributed by atoms with Gasteiger partial charge in [0.2, 0.25) is 5.91 Å². The van der Waals surface area contributed by atoms with Crippen molar-refractivity contribution in [2.75, 3.05) is 6.54 Å². The van der Waals surface area contributed by atoms with Gasteiger partial charge in [-0.05, 0) is 49.6 Å². The molecule has 3 aromatic heterocycles. The van der Waals surface area contributed by atoms with Crippen molar-refractivity contribution in [1.82, 2.24) is 29.6 Å². The molecule has 0 radical (unpaired) electrons. The van der Waals surface area contributed by atoms with Gasteiger partial charge < -0.3 is 9.88 Å². The smallest absolute Gasteiger partial charge is 0.258 e. The molecule has 1 amide bonds. The number of carbonyl (C=O) groups excluding carboxylic acids is 1. The summed E-state index contributed by atoms with van der Waals surface area (Å²) < 4.78 is 2.11. The van der Waals surface area contributed by atoms with E-state index in [1.165, 1.54) is 11.3 Å². The lowest BCUT2D eigenvalue weighted by Gasteiger charge is -2.25. The maximum Gasteiger partial charge on any atom is 0.258 e. The minimum absolute atomic E-state index is 0.136. The number of rotatable bonds is 6. The fourth-order valence-electron chi connectivity index (χ4n) is 3.35. The van der Waals surface area contributed by atoms with E-state index in [1.54, 1.807) is 34.6 Å². The summed E-state index contributed by atoms with van der Waals surface area (Å²) in [5, 5.41) is 9.56. The quantitative estimate of drug-likeness (QED) is 0.447. The van der Waals surface area contributed by atoms with Crippen LogP contribution in [0.3, 0.4) is 0 Å². The molecule has 0 bridgehead atoms. The van der Waals surface area contributed by atoms with E-state index in [0.717, 1.165) is 4.88 Å². The minimum atomic E-state index is -0.569. The summed E-state index contributed by atoms with van der Waals surface area (Å²) in [6, 6.07) is 10.4. The molecule has 3 heterocycles. The Labute approximate surface area is 181 Å². The molecule has 10 heteroatoms. The summed E-state index contributed by atoms with van der Waals surface area (Å²) in [7, 11) is 0. The zero-order valence-electron chi connectivity index (χ0n) is 16.5. The van der Waals surface area contributed by atoms with Gasteiger partial charge in [0.25, 0.3) is 5.56 Å². The maximum atomic E-state index is 13.3. The van der Waals surface area contributed by atoms with Gasteiger partial charge in [0.15, 0.2) is 10.6 Å². The average Bonchev–Trinajstić information content (AvgIpc) is 3.40. The van der Waals surface area contributed by atoms with Crippen LogP contribution in [0.4, 0.5) is 0 Å². The molecule has 0 aliphatic carbocycles. The van der Waals surface area contributed by atoms with Gasteiger partial charge in [-0.2, -0.15) is 5.10 Å². The molecule has 0 fully saturated rings. The van der Waals surface area contributed by atoms with Gasteiger partial charge in [0.1, 0.15) is 11.9 Å². The van der Waals surface area contributed by atoms with E-state index in [-0.39, 0.29) is 18.0 Å². The number of nitrogens with one attached hydrogen (secondary N) is 2. The Balaban J connectivity index is 1.63. The van der Waals surface area contributed by atoms with Gasteiger partial charge in [-0.15, -0.1) is 11.3 Å². The van der Waals surface area contributed by atoms with E-state index < -0.39 is 6.04 Å². The summed E-state index contributed by atoms with van der Waals surface area (Å²) in [6.07, 6.45) is 0. The molecule has 1 atom stereocenters. The standard InChI is InChI=1S/C20H20N6O2S2/c1-3-25(11-16-21-14-8-5-4-7-13(14)18(27)22-16)19(28)12(2)26-17(23-24-20(26)29)15-9-6-10-30-15/h4-10,12H,3,11H2,1-2H3,(H,24,29)(H,21,22,27). The molecule has 0 saturated heterocycles. The number of hydrogen-bond acceptors (Lipinski definition) is 6. The lowest BCUT2D eigenvalue weighted by molar-refractivity contribution is -0.134. The number of likely N-dealkylation sites (N-methyl/N-ethyl adjacent to an activating group) is 1. The van der Waals surface area contributed by atoms with Crippen LogP contribution < -0.4 is 5.56 Å². The molecule has 8 nitrogen and oxygen atoms in total. The van der Waals surface area contributed by atoms with Gasteiger partial charge in [-0.1, -0.05) is 18.2 Å². The number of fused-ring (bicyclic) bond motifs is 1. The Morgan fingerprint density at radius 2 is 2.10 bits per heavy atom. The molecule has 4 aromatic rings. The molecule has 4 rings (SSSR count). The van der Waals surface area contributed by atoms with Crippen LogP contribution in [-0.2, 0) is 11.3 Å². The number of H-pyrrole nitrogens is 2. The highest BCUT2D eigenvalue weighted by atomic mass is 32.1. The molecule has 0 saturated carbocycles. The van der Waals surface area contributed by atoms with Crippen LogP contribution in [0.2, 0.25) is 0 Å². The van der Waals surface area contributed by atoms with Crippen molar-refractivity contribution >= 4 is 40.4 Å². The zero-order valence-corrected chi connectivity index (χ0v) is 18.1. The number of aromatic amines is 2. The van der Waals surface area contributed by atoms with E-state index in [2.05, 4.69) is 20.2 Å². The number of nitrogens with zero attached hydrogens (tertiary/aromatic N) is 4. The lowest BCUT2D eigenvalue weighted by atomic mass is 10.2. The lowest BCUT2D eigenvalue weighted by Crippen LogP contribution is -2.37.